The Kier molecular flexibility index (Phi) is 4.20. The standard InChI is InChI=1S/C15H18Cl2N2O/c16-10-6-11(17)8-14(7-10)19-15(20)5-9-3-12-1-2-13(4-9)18-12/h6-9,12-13,18H,1-5H2,(H,19,20). The van der Waals surface area contributed by atoms with Crippen molar-refractivity contribution >= 4 is 34.8 Å². The van der Waals surface area contributed by atoms with Gasteiger partial charge in [-0.1, -0.05) is 23.2 Å². The van der Waals surface area contributed by atoms with Gasteiger partial charge in [0, 0.05) is 34.2 Å². The van der Waals surface area contributed by atoms with Gasteiger partial charge in [-0.25, -0.2) is 0 Å². The molecule has 108 valence electrons. The zero-order chi connectivity index (χ0) is 14.1. The van der Waals surface area contributed by atoms with Crippen LogP contribution in [0.4, 0.5) is 5.69 Å². The van der Waals surface area contributed by atoms with Crippen LogP contribution < -0.4 is 10.6 Å². The number of fused-ring (bicyclic) bond motifs is 2. The van der Waals surface area contributed by atoms with Crippen LogP contribution in [0.1, 0.15) is 32.1 Å². The van der Waals surface area contributed by atoms with E-state index in [0.29, 0.717) is 40.2 Å². The average molecular weight is 313 g/mol. The lowest BCUT2D eigenvalue weighted by Crippen LogP contribution is -2.39. The van der Waals surface area contributed by atoms with Gasteiger partial charge in [-0.3, -0.25) is 4.79 Å². The number of halogens is 2. The first-order valence-corrected chi connectivity index (χ1v) is 7.86. The van der Waals surface area contributed by atoms with Crippen LogP contribution in [-0.4, -0.2) is 18.0 Å². The van der Waals surface area contributed by atoms with Crippen molar-refractivity contribution in [3.63, 3.8) is 0 Å². The van der Waals surface area contributed by atoms with E-state index < -0.39 is 0 Å². The van der Waals surface area contributed by atoms with E-state index in [1.54, 1.807) is 18.2 Å². The third-order valence-electron chi connectivity index (χ3n) is 4.19. The molecule has 2 fully saturated rings. The Balaban J connectivity index is 1.57. The molecule has 2 N–H and O–H groups in total. The van der Waals surface area contributed by atoms with Gasteiger partial charge in [-0.05, 0) is 49.8 Å². The second kappa shape index (κ2) is 5.92. The third-order valence-corrected chi connectivity index (χ3v) is 4.63. The minimum Gasteiger partial charge on any atom is -0.326 e. The van der Waals surface area contributed by atoms with Gasteiger partial charge in [0.15, 0.2) is 0 Å². The van der Waals surface area contributed by atoms with E-state index in [1.165, 1.54) is 12.8 Å². The summed E-state index contributed by atoms with van der Waals surface area (Å²) in [6.45, 7) is 0. The summed E-state index contributed by atoms with van der Waals surface area (Å²) in [5.41, 5.74) is 0.671. The SMILES string of the molecule is O=C(CC1CC2CCC(C1)N2)Nc1cc(Cl)cc(Cl)c1. The monoisotopic (exact) mass is 312 g/mol. The summed E-state index contributed by atoms with van der Waals surface area (Å²) >= 11 is 11.9. The van der Waals surface area contributed by atoms with E-state index >= 15 is 0 Å². The van der Waals surface area contributed by atoms with Crippen LogP contribution >= 0.6 is 23.2 Å². The Hall–Kier alpha value is -0.770. The molecule has 3 rings (SSSR count). The Morgan fingerprint density at radius 2 is 1.75 bits per heavy atom. The number of benzene rings is 1. The molecule has 0 spiro atoms. The summed E-state index contributed by atoms with van der Waals surface area (Å²) in [4.78, 5) is 12.1. The number of amides is 1. The number of rotatable bonds is 3. The molecule has 2 aliphatic heterocycles. The molecule has 5 heteroatoms. The van der Waals surface area contributed by atoms with Crippen molar-refractivity contribution < 1.29 is 4.79 Å². The van der Waals surface area contributed by atoms with E-state index in [1.807, 2.05) is 0 Å². The van der Waals surface area contributed by atoms with E-state index in [9.17, 15) is 4.79 Å². The minimum absolute atomic E-state index is 0.0506. The van der Waals surface area contributed by atoms with Crippen molar-refractivity contribution in [2.45, 2.75) is 44.2 Å². The second-order valence-electron chi connectivity index (χ2n) is 5.89. The van der Waals surface area contributed by atoms with E-state index in [-0.39, 0.29) is 5.91 Å². The highest BCUT2D eigenvalue weighted by Gasteiger charge is 2.34. The van der Waals surface area contributed by atoms with Crippen LogP contribution in [0.15, 0.2) is 18.2 Å². The highest BCUT2D eigenvalue weighted by Crippen LogP contribution is 2.33. The van der Waals surface area contributed by atoms with Crippen molar-refractivity contribution in [3.05, 3.63) is 28.2 Å². The molecule has 2 unspecified atom stereocenters. The number of hydrogen-bond donors (Lipinski definition) is 2. The van der Waals surface area contributed by atoms with Crippen LogP contribution in [0.2, 0.25) is 10.0 Å². The van der Waals surface area contributed by atoms with Crippen LogP contribution in [0, 0.1) is 5.92 Å². The molecule has 1 aromatic carbocycles. The smallest absolute Gasteiger partial charge is 0.224 e. The number of carbonyl (C=O) groups is 1. The molecule has 2 saturated heterocycles. The van der Waals surface area contributed by atoms with Crippen molar-refractivity contribution in [1.82, 2.24) is 5.32 Å². The highest BCUT2D eigenvalue weighted by atomic mass is 35.5. The third kappa shape index (κ3) is 3.46. The van der Waals surface area contributed by atoms with Gasteiger partial charge in [-0.2, -0.15) is 0 Å². The Labute approximate surface area is 129 Å². The molecule has 2 aliphatic rings. The predicted octanol–water partition coefficient (Wildman–Crippen LogP) is 3.85. The van der Waals surface area contributed by atoms with Gasteiger partial charge in [0.2, 0.25) is 5.91 Å². The quantitative estimate of drug-likeness (QED) is 0.890. The Morgan fingerprint density at radius 1 is 1.15 bits per heavy atom. The zero-order valence-corrected chi connectivity index (χ0v) is 12.7. The number of anilines is 1. The van der Waals surface area contributed by atoms with Gasteiger partial charge in [0.1, 0.15) is 0 Å². The molecule has 0 saturated carbocycles. The van der Waals surface area contributed by atoms with Crippen LogP contribution in [0.5, 0.6) is 0 Å². The lowest BCUT2D eigenvalue weighted by atomic mass is 9.89. The number of hydrogen-bond acceptors (Lipinski definition) is 2. The zero-order valence-electron chi connectivity index (χ0n) is 11.2. The maximum atomic E-state index is 12.1. The lowest BCUT2D eigenvalue weighted by molar-refractivity contribution is -0.117. The molecule has 20 heavy (non-hydrogen) atoms. The summed E-state index contributed by atoms with van der Waals surface area (Å²) in [6, 6.07) is 6.33. The number of carbonyl (C=O) groups excluding carboxylic acids is 1. The topological polar surface area (TPSA) is 41.1 Å². The van der Waals surface area contributed by atoms with Gasteiger partial charge < -0.3 is 10.6 Å². The molecular formula is C15H18Cl2N2O. The molecule has 3 nitrogen and oxygen atoms in total. The van der Waals surface area contributed by atoms with Gasteiger partial charge in [0.25, 0.3) is 0 Å². The maximum Gasteiger partial charge on any atom is 0.224 e. The van der Waals surface area contributed by atoms with Crippen LogP contribution in [-0.2, 0) is 4.79 Å². The molecule has 0 aromatic heterocycles. The van der Waals surface area contributed by atoms with Gasteiger partial charge in [0.05, 0.1) is 0 Å². The molecule has 2 bridgehead atoms. The highest BCUT2D eigenvalue weighted by molar-refractivity contribution is 6.35. The first-order valence-electron chi connectivity index (χ1n) is 7.10. The Bertz CT molecular complexity index is 488. The molecule has 1 amide bonds. The normalized spacial score (nSPS) is 28.4. The summed E-state index contributed by atoms with van der Waals surface area (Å²) in [6.07, 6.45) is 5.32. The summed E-state index contributed by atoms with van der Waals surface area (Å²) in [7, 11) is 0. The fourth-order valence-corrected chi connectivity index (χ4v) is 3.97. The van der Waals surface area contributed by atoms with Crippen molar-refractivity contribution in [1.29, 1.82) is 0 Å². The second-order valence-corrected chi connectivity index (χ2v) is 6.76. The first kappa shape index (κ1) is 14.2. The van der Waals surface area contributed by atoms with E-state index in [0.717, 1.165) is 12.8 Å². The fourth-order valence-electron chi connectivity index (χ4n) is 3.44. The van der Waals surface area contributed by atoms with E-state index in [4.69, 9.17) is 23.2 Å². The maximum absolute atomic E-state index is 12.1. The average Bonchev–Trinajstić information content (AvgIpc) is 2.67. The Morgan fingerprint density at radius 3 is 2.35 bits per heavy atom. The molecule has 0 radical (unpaired) electrons. The summed E-state index contributed by atoms with van der Waals surface area (Å²) in [5, 5.41) is 7.55. The van der Waals surface area contributed by atoms with Crippen molar-refractivity contribution in [2.75, 3.05) is 5.32 Å². The summed E-state index contributed by atoms with van der Waals surface area (Å²) in [5.74, 6) is 0.540. The number of nitrogens with one attached hydrogen (secondary N) is 2. The van der Waals surface area contributed by atoms with Gasteiger partial charge >= 0.3 is 0 Å². The molecular weight excluding hydrogens is 295 g/mol. The lowest BCUT2D eigenvalue weighted by Gasteiger charge is -2.28. The van der Waals surface area contributed by atoms with E-state index in [2.05, 4.69) is 10.6 Å². The first-order chi connectivity index (χ1) is 9.58. The molecule has 1 aromatic rings. The molecule has 2 heterocycles. The molecule has 0 aliphatic carbocycles. The van der Waals surface area contributed by atoms with Crippen LogP contribution in [0.25, 0.3) is 0 Å². The van der Waals surface area contributed by atoms with Gasteiger partial charge in [-0.15, -0.1) is 0 Å². The fraction of sp³-hybridized carbons (Fsp3) is 0.533. The van der Waals surface area contributed by atoms with Crippen LogP contribution in [0.3, 0.4) is 0 Å². The number of piperidine rings is 1. The minimum atomic E-state index is 0.0506. The van der Waals surface area contributed by atoms with Crippen molar-refractivity contribution in [3.8, 4) is 0 Å². The molecule has 2 atom stereocenters. The largest absolute Gasteiger partial charge is 0.326 e. The summed E-state index contributed by atoms with van der Waals surface area (Å²) < 4.78 is 0. The van der Waals surface area contributed by atoms with Crippen molar-refractivity contribution in [2.24, 2.45) is 5.92 Å². The predicted molar refractivity (Wildman–Crippen MR) is 82.4 cm³/mol.